The summed E-state index contributed by atoms with van der Waals surface area (Å²) in [6.07, 6.45) is 3.47. The van der Waals surface area contributed by atoms with E-state index in [1.807, 2.05) is 18.2 Å². The van der Waals surface area contributed by atoms with Gasteiger partial charge in [-0.25, -0.2) is 22.2 Å². The lowest BCUT2D eigenvalue weighted by molar-refractivity contribution is 0.557. The van der Waals surface area contributed by atoms with Crippen LogP contribution in [0.3, 0.4) is 0 Å². The molecule has 0 saturated heterocycles. The van der Waals surface area contributed by atoms with Gasteiger partial charge in [0.05, 0.1) is 10.7 Å². The molecule has 3 rings (SSSR count). The molecule has 5 nitrogen and oxygen atoms in total. The van der Waals surface area contributed by atoms with Gasteiger partial charge in [-0.2, -0.15) is 5.10 Å². The Morgan fingerprint density at radius 1 is 1.12 bits per heavy atom. The number of hydrogen-bond donors (Lipinski definition) is 1. The van der Waals surface area contributed by atoms with Crippen molar-refractivity contribution < 1.29 is 12.8 Å². The smallest absolute Gasteiger partial charge is 0.241 e. The van der Waals surface area contributed by atoms with Gasteiger partial charge in [0.1, 0.15) is 4.90 Å². The summed E-state index contributed by atoms with van der Waals surface area (Å²) in [6.45, 7) is 0.0354. The fraction of sp³-hybridized carbons (Fsp3) is 0.0625. The predicted molar refractivity (Wildman–Crippen MR) is 89.0 cm³/mol. The third-order valence-electron chi connectivity index (χ3n) is 3.38. The van der Waals surface area contributed by atoms with Gasteiger partial charge in [0.25, 0.3) is 0 Å². The maximum Gasteiger partial charge on any atom is 0.243 e. The Balaban J connectivity index is 1.74. The van der Waals surface area contributed by atoms with Gasteiger partial charge in [-0.3, -0.25) is 0 Å². The van der Waals surface area contributed by atoms with Crippen molar-refractivity contribution in [1.82, 2.24) is 14.5 Å². The van der Waals surface area contributed by atoms with Crippen LogP contribution in [0.15, 0.2) is 65.8 Å². The predicted octanol–water partition coefficient (Wildman–Crippen LogP) is 3.14. The molecule has 1 N–H and O–H groups in total. The SMILES string of the molecule is O=S(=O)(NCc1ccc(-n2cccn2)cc1)c1cccc(Cl)c1F. The first-order valence-corrected chi connectivity index (χ1v) is 8.86. The highest BCUT2D eigenvalue weighted by atomic mass is 35.5. The lowest BCUT2D eigenvalue weighted by Gasteiger charge is -2.09. The average molecular weight is 366 g/mol. The molecule has 0 fully saturated rings. The number of benzene rings is 2. The van der Waals surface area contributed by atoms with Crippen molar-refractivity contribution in [2.75, 3.05) is 0 Å². The molecule has 2 aromatic carbocycles. The van der Waals surface area contributed by atoms with Crippen LogP contribution in [-0.4, -0.2) is 18.2 Å². The van der Waals surface area contributed by atoms with Crippen LogP contribution in [0.2, 0.25) is 5.02 Å². The molecule has 0 aliphatic carbocycles. The minimum Gasteiger partial charge on any atom is -0.241 e. The van der Waals surface area contributed by atoms with Gasteiger partial charge in [-0.05, 0) is 35.9 Å². The molecule has 0 bridgehead atoms. The molecule has 24 heavy (non-hydrogen) atoms. The van der Waals surface area contributed by atoms with Crippen molar-refractivity contribution in [3.8, 4) is 5.69 Å². The monoisotopic (exact) mass is 365 g/mol. The molecule has 0 amide bonds. The van der Waals surface area contributed by atoms with E-state index >= 15 is 0 Å². The van der Waals surface area contributed by atoms with E-state index in [2.05, 4.69) is 9.82 Å². The highest BCUT2D eigenvalue weighted by Gasteiger charge is 2.20. The Kier molecular flexibility index (Phi) is 4.66. The summed E-state index contributed by atoms with van der Waals surface area (Å²) in [4.78, 5) is -0.469. The molecule has 3 aromatic rings. The van der Waals surface area contributed by atoms with Gasteiger partial charge in [-0.1, -0.05) is 29.8 Å². The van der Waals surface area contributed by atoms with Crippen LogP contribution in [0.1, 0.15) is 5.56 Å². The zero-order valence-corrected chi connectivity index (χ0v) is 13.9. The van der Waals surface area contributed by atoms with E-state index in [1.54, 1.807) is 29.2 Å². The van der Waals surface area contributed by atoms with Crippen LogP contribution in [0, 0.1) is 5.82 Å². The summed E-state index contributed by atoms with van der Waals surface area (Å²) in [7, 11) is -3.99. The minimum absolute atomic E-state index is 0.0354. The van der Waals surface area contributed by atoms with E-state index in [9.17, 15) is 12.8 Å². The van der Waals surface area contributed by atoms with Gasteiger partial charge < -0.3 is 0 Å². The molecular formula is C16H13ClFN3O2S. The van der Waals surface area contributed by atoms with Crippen molar-refractivity contribution in [1.29, 1.82) is 0 Å². The summed E-state index contributed by atoms with van der Waals surface area (Å²) in [6, 6.07) is 12.8. The van der Waals surface area contributed by atoms with Crippen LogP contribution in [0.4, 0.5) is 4.39 Å². The minimum atomic E-state index is -3.99. The zero-order valence-electron chi connectivity index (χ0n) is 12.4. The van der Waals surface area contributed by atoms with Crippen molar-refractivity contribution in [2.45, 2.75) is 11.4 Å². The summed E-state index contributed by atoms with van der Waals surface area (Å²) >= 11 is 5.63. The van der Waals surface area contributed by atoms with E-state index < -0.39 is 20.7 Å². The molecule has 1 heterocycles. The molecule has 0 atom stereocenters. The molecule has 8 heteroatoms. The van der Waals surface area contributed by atoms with Crippen molar-refractivity contribution in [3.05, 3.63) is 77.3 Å². The van der Waals surface area contributed by atoms with Crippen molar-refractivity contribution in [2.24, 2.45) is 0 Å². The standard InChI is InChI=1S/C16H13ClFN3O2S/c17-14-3-1-4-15(16(14)18)24(22,23)20-11-12-5-7-13(8-6-12)21-10-2-9-19-21/h1-10,20H,11H2. The molecular weight excluding hydrogens is 353 g/mol. The second-order valence-corrected chi connectivity index (χ2v) is 7.14. The largest absolute Gasteiger partial charge is 0.243 e. The molecule has 0 aliphatic rings. The number of nitrogens with zero attached hydrogens (tertiary/aromatic N) is 2. The number of sulfonamides is 1. The Morgan fingerprint density at radius 2 is 1.88 bits per heavy atom. The van der Waals surface area contributed by atoms with E-state index in [4.69, 9.17) is 11.6 Å². The molecule has 0 unspecified atom stereocenters. The number of hydrogen-bond acceptors (Lipinski definition) is 3. The van der Waals surface area contributed by atoms with Crippen LogP contribution < -0.4 is 4.72 Å². The van der Waals surface area contributed by atoms with Gasteiger partial charge in [-0.15, -0.1) is 0 Å². The molecule has 0 spiro atoms. The topological polar surface area (TPSA) is 64.0 Å². The number of rotatable bonds is 5. The maximum atomic E-state index is 13.9. The van der Waals surface area contributed by atoms with E-state index in [1.165, 1.54) is 18.2 Å². The van der Waals surface area contributed by atoms with Crippen molar-refractivity contribution >= 4 is 21.6 Å². The fourth-order valence-corrected chi connectivity index (χ4v) is 3.48. The van der Waals surface area contributed by atoms with E-state index in [0.717, 1.165) is 11.3 Å². The first-order valence-electron chi connectivity index (χ1n) is 7.00. The Labute approximate surface area is 143 Å². The van der Waals surface area contributed by atoms with Crippen molar-refractivity contribution in [3.63, 3.8) is 0 Å². The van der Waals surface area contributed by atoms with E-state index in [-0.39, 0.29) is 11.6 Å². The number of nitrogens with one attached hydrogen (secondary N) is 1. The molecule has 0 radical (unpaired) electrons. The Bertz CT molecular complexity index is 942. The van der Waals surface area contributed by atoms with Gasteiger partial charge in [0.2, 0.25) is 10.0 Å². The van der Waals surface area contributed by atoms with Gasteiger partial charge in [0, 0.05) is 18.9 Å². The summed E-state index contributed by atoms with van der Waals surface area (Å²) in [5.74, 6) is -0.958. The second kappa shape index (κ2) is 6.72. The third-order valence-corrected chi connectivity index (χ3v) is 5.09. The molecule has 0 aliphatic heterocycles. The third kappa shape index (κ3) is 3.48. The molecule has 1 aromatic heterocycles. The summed E-state index contributed by atoms with van der Waals surface area (Å²) in [5, 5.41) is 3.88. The summed E-state index contributed by atoms with van der Waals surface area (Å²) < 4.78 is 42.3. The Hall–Kier alpha value is -2.22. The highest BCUT2D eigenvalue weighted by molar-refractivity contribution is 7.89. The number of halogens is 2. The first kappa shape index (κ1) is 16.6. The van der Waals surface area contributed by atoms with Crippen LogP contribution in [-0.2, 0) is 16.6 Å². The van der Waals surface area contributed by atoms with E-state index in [0.29, 0.717) is 0 Å². The second-order valence-electron chi connectivity index (χ2n) is 4.99. The zero-order chi connectivity index (χ0) is 17.2. The quantitative estimate of drug-likeness (QED) is 0.755. The van der Waals surface area contributed by atoms with Crippen LogP contribution in [0.5, 0.6) is 0 Å². The number of aromatic nitrogens is 2. The first-order chi connectivity index (χ1) is 11.5. The maximum absolute atomic E-state index is 13.9. The van der Waals surface area contributed by atoms with Crippen LogP contribution >= 0.6 is 11.6 Å². The highest BCUT2D eigenvalue weighted by Crippen LogP contribution is 2.22. The lowest BCUT2D eigenvalue weighted by Crippen LogP contribution is -2.24. The molecule has 0 saturated carbocycles. The lowest BCUT2D eigenvalue weighted by atomic mass is 10.2. The fourth-order valence-electron chi connectivity index (χ4n) is 2.14. The Morgan fingerprint density at radius 3 is 2.54 bits per heavy atom. The van der Waals surface area contributed by atoms with Gasteiger partial charge >= 0.3 is 0 Å². The normalized spacial score (nSPS) is 11.6. The van der Waals surface area contributed by atoms with Gasteiger partial charge in [0.15, 0.2) is 5.82 Å². The summed E-state index contributed by atoms with van der Waals surface area (Å²) in [5.41, 5.74) is 1.59. The molecule has 124 valence electrons. The van der Waals surface area contributed by atoms with Crippen LogP contribution in [0.25, 0.3) is 5.69 Å². The average Bonchev–Trinajstić information content (AvgIpc) is 3.10.